The minimum atomic E-state index is 0.281. The van der Waals surface area contributed by atoms with E-state index in [0.29, 0.717) is 0 Å². The molecule has 1 heteroatoms. The number of unbranched alkanes of at least 4 members (excludes halogenated alkanes) is 2. The second-order valence-corrected chi connectivity index (χ2v) is 3.89. The van der Waals surface area contributed by atoms with Gasteiger partial charge in [-0.3, -0.25) is 0 Å². The van der Waals surface area contributed by atoms with Gasteiger partial charge in [0.25, 0.3) is 0 Å². The van der Waals surface area contributed by atoms with Gasteiger partial charge in [0.05, 0.1) is 6.10 Å². The van der Waals surface area contributed by atoms with Crippen LogP contribution in [0.3, 0.4) is 0 Å². The Kier molecular flexibility index (Phi) is 6.10. The fraction of sp³-hybridized carbons (Fsp3) is 0.571. The van der Waals surface area contributed by atoms with Gasteiger partial charge < -0.3 is 4.74 Å². The average molecular weight is 206 g/mol. The van der Waals surface area contributed by atoms with E-state index in [4.69, 9.17) is 4.74 Å². The standard InChI is InChI=1S/C14H22O/c1-3-5-9-12-15-14(4-2)13-10-7-6-8-11-13/h6-8,10-11,14H,3-5,9,12H2,1-2H3. The molecule has 0 N–H and O–H groups in total. The zero-order valence-electron chi connectivity index (χ0n) is 9.91. The summed E-state index contributed by atoms with van der Waals surface area (Å²) < 4.78 is 5.88. The molecule has 1 aromatic rings. The van der Waals surface area contributed by atoms with Gasteiger partial charge >= 0.3 is 0 Å². The lowest BCUT2D eigenvalue weighted by Gasteiger charge is -2.16. The lowest BCUT2D eigenvalue weighted by molar-refractivity contribution is 0.0475. The van der Waals surface area contributed by atoms with Crippen molar-refractivity contribution in [1.29, 1.82) is 0 Å². The molecule has 0 amide bonds. The summed E-state index contributed by atoms with van der Waals surface area (Å²) >= 11 is 0. The smallest absolute Gasteiger partial charge is 0.0822 e. The largest absolute Gasteiger partial charge is 0.374 e. The third kappa shape index (κ3) is 4.48. The summed E-state index contributed by atoms with van der Waals surface area (Å²) in [5, 5.41) is 0. The SMILES string of the molecule is CCCCCOC(CC)c1ccccc1. The maximum Gasteiger partial charge on any atom is 0.0822 e. The lowest BCUT2D eigenvalue weighted by atomic mass is 10.1. The highest BCUT2D eigenvalue weighted by molar-refractivity contribution is 5.17. The van der Waals surface area contributed by atoms with E-state index in [1.54, 1.807) is 0 Å². The summed E-state index contributed by atoms with van der Waals surface area (Å²) in [7, 11) is 0. The Morgan fingerprint density at radius 2 is 1.80 bits per heavy atom. The molecule has 0 bridgehead atoms. The van der Waals surface area contributed by atoms with Crippen molar-refractivity contribution in [3.8, 4) is 0 Å². The monoisotopic (exact) mass is 206 g/mol. The predicted molar refractivity (Wildman–Crippen MR) is 65.0 cm³/mol. The summed E-state index contributed by atoms with van der Waals surface area (Å²) in [5.74, 6) is 0. The van der Waals surface area contributed by atoms with Crippen LogP contribution in [0.5, 0.6) is 0 Å². The van der Waals surface area contributed by atoms with Crippen LogP contribution in [0.15, 0.2) is 30.3 Å². The Balaban J connectivity index is 2.36. The molecule has 0 aliphatic rings. The molecule has 0 saturated carbocycles. The topological polar surface area (TPSA) is 9.23 Å². The Labute approximate surface area is 93.5 Å². The highest BCUT2D eigenvalue weighted by atomic mass is 16.5. The van der Waals surface area contributed by atoms with Gasteiger partial charge in [0.2, 0.25) is 0 Å². The van der Waals surface area contributed by atoms with Crippen LogP contribution in [-0.2, 0) is 4.74 Å². The quantitative estimate of drug-likeness (QED) is 0.603. The van der Waals surface area contributed by atoms with Crippen molar-refractivity contribution in [2.45, 2.75) is 45.6 Å². The molecule has 0 radical (unpaired) electrons. The van der Waals surface area contributed by atoms with Crippen molar-refractivity contribution in [3.05, 3.63) is 35.9 Å². The molecule has 1 rings (SSSR count). The zero-order chi connectivity index (χ0) is 10.9. The van der Waals surface area contributed by atoms with Crippen LogP contribution in [0, 0.1) is 0 Å². The van der Waals surface area contributed by atoms with E-state index in [0.717, 1.165) is 13.0 Å². The van der Waals surface area contributed by atoms with Gasteiger partial charge in [-0.1, -0.05) is 57.0 Å². The molecule has 1 aromatic carbocycles. The first-order chi connectivity index (χ1) is 7.38. The van der Waals surface area contributed by atoms with Gasteiger partial charge in [-0.05, 0) is 18.4 Å². The normalized spacial score (nSPS) is 12.7. The van der Waals surface area contributed by atoms with E-state index in [9.17, 15) is 0 Å². The first kappa shape index (κ1) is 12.3. The molecule has 0 spiro atoms. The maximum atomic E-state index is 5.88. The van der Waals surface area contributed by atoms with Gasteiger partial charge in [-0.25, -0.2) is 0 Å². The summed E-state index contributed by atoms with van der Waals surface area (Å²) in [6, 6.07) is 10.5. The molecule has 0 aliphatic carbocycles. The van der Waals surface area contributed by atoms with E-state index < -0.39 is 0 Å². The lowest BCUT2D eigenvalue weighted by Crippen LogP contribution is -2.04. The maximum absolute atomic E-state index is 5.88. The Morgan fingerprint density at radius 1 is 1.07 bits per heavy atom. The predicted octanol–water partition coefficient (Wildman–Crippen LogP) is 4.34. The van der Waals surface area contributed by atoms with Crippen LogP contribution >= 0.6 is 0 Å². The van der Waals surface area contributed by atoms with E-state index in [1.807, 2.05) is 6.07 Å². The number of hydrogen-bond donors (Lipinski definition) is 0. The molecule has 0 aromatic heterocycles. The molecule has 0 fully saturated rings. The molecular formula is C14H22O. The molecule has 1 atom stereocenters. The van der Waals surface area contributed by atoms with Gasteiger partial charge in [-0.2, -0.15) is 0 Å². The molecule has 0 aliphatic heterocycles. The van der Waals surface area contributed by atoms with Crippen molar-refractivity contribution < 1.29 is 4.74 Å². The second-order valence-electron chi connectivity index (χ2n) is 3.89. The highest BCUT2D eigenvalue weighted by Gasteiger charge is 2.07. The van der Waals surface area contributed by atoms with Crippen molar-refractivity contribution in [2.75, 3.05) is 6.61 Å². The van der Waals surface area contributed by atoms with Gasteiger partial charge in [0, 0.05) is 6.61 Å². The molecule has 15 heavy (non-hydrogen) atoms. The molecular weight excluding hydrogens is 184 g/mol. The zero-order valence-corrected chi connectivity index (χ0v) is 9.91. The van der Waals surface area contributed by atoms with Crippen molar-refractivity contribution >= 4 is 0 Å². The fourth-order valence-corrected chi connectivity index (χ4v) is 1.70. The molecule has 84 valence electrons. The number of ether oxygens (including phenoxy) is 1. The van der Waals surface area contributed by atoms with Gasteiger partial charge in [-0.15, -0.1) is 0 Å². The summed E-state index contributed by atoms with van der Waals surface area (Å²) in [6.45, 7) is 5.28. The molecule has 1 nitrogen and oxygen atoms in total. The average Bonchev–Trinajstić information content (AvgIpc) is 2.30. The van der Waals surface area contributed by atoms with E-state index in [2.05, 4.69) is 38.1 Å². The minimum absolute atomic E-state index is 0.281. The second kappa shape index (κ2) is 7.47. The first-order valence-corrected chi connectivity index (χ1v) is 6.05. The molecule has 1 unspecified atom stereocenters. The van der Waals surface area contributed by atoms with Crippen LogP contribution in [0.4, 0.5) is 0 Å². The molecule has 0 heterocycles. The van der Waals surface area contributed by atoms with Crippen LogP contribution < -0.4 is 0 Å². The fourth-order valence-electron chi connectivity index (χ4n) is 1.70. The summed E-state index contributed by atoms with van der Waals surface area (Å²) in [6.07, 6.45) is 5.04. The molecule has 0 saturated heterocycles. The van der Waals surface area contributed by atoms with Crippen LogP contribution in [0.25, 0.3) is 0 Å². The Hall–Kier alpha value is -0.820. The highest BCUT2D eigenvalue weighted by Crippen LogP contribution is 2.20. The van der Waals surface area contributed by atoms with Gasteiger partial charge in [0.1, 0.15) is 0 Å². The third-order valence-corrected chi connectivity index (χ3v) is 2.61. The van der Waals surface area contributed by atoms with Crippen molar-refractivity contribution in [1.82, 2.24) is 0 Å². The van der Waals surface area contributed by atoms with Crippen molar-refractivity contribution in [3.63, 3.8) is 0 Å². The first-order valence-electron chi connectivity index (χ1n) is 6.05. The van der Waals surface area contributed by atoms with E-state index >= 15 is 0 Å². The van der Waals surface area contributed by atoms with E-state index in [-0.39, 0.29) is 6.10 Å². The minimum Gasteiger partial charge on any atom is -0.374 e. The van der Waals surface area contributed by atoms with Crippen LogP contribution in [-0.4, -0.2) is 6.61 Å². The van der Waals surface area contributed by atoms with Crippen LogP contribution in [0.2, 0.25) is 0 Å². The summed E-state index contributed by atoms with van der Waals surface area (Å²) in [5.41, 5.74) is 1.30. The Bertz CT molecular complexity index is 243. The van der Waals surface area contributed by atoms with Gasteiger partial charge in [0.15, 0.2) is 0 Å². The number of benzene rings is 1. The van der Waals surface area contributed by atoms with Crippen molar-refractivity contribution in [2.24, 2.45) is 0 Å². The third-order valence-electron chi connectivity index (χ3n) is 2.61. The summed E-state index contributed by atoms with van der Waals surface area (Å²) in [4.78, 5) is 0. The Morgan fingerprint density at radius 3 is 2.40 bits per heavy atom. The number of hydrogen-bond acceptors (Lipinski definition) is 1. The van der Waals surface area contributed by atoms with E-state index in [1.165, 1.54) is 24.8 Å². The number of rotatable bonds is 7. The van der Waals surface area contributed by atoms with Crippen LogP contribution in [0.1, 0.15) is 51.2 Å².